The number of aliphatic hydroxyl groups is 1. The summed E-state index contributed by atoms with van der Waals surface area (Å²) in [5.41, 5.74) is 0. The molecule has 18 heavy (non-hydrogen) atoms. The number of esters is 1. The molecular formula is C12H16ClNO4. The fraction of sp³-hybridized carbons (Fsp3) is 0.417. The highest BCUT2D eigenvalue weighted by Crippen LogP contribution is 2.15. The Labute approximate surface area is 111 Å². The number of rotatable bonds is 7. The van der Waals surface area contributed by atoms with E-state index in [0.29, 0.717) is 10.8 Å². The first-order valence-corrected chi connectivity index (χ1v) is 5.83. The lowest BCUT2D eigenvalue weighted by Gasteiger charge is -2.12. The molecule has 0 radical (unpaired) electrons. The minimum Gasteiger partial charge on any atom is -0.491 e. The van der Waals surface area contributed by atoms with Crippen LogP contribution in [0, 0.1) is 0 Å². The van der Waals surface area contributed by atoms with Gasteiger partial charge in [0, 0.05) is 11.6 Å². The normalized spacial score (nSPS) is 11.9. The molecule has 100 valence electrons. The third-order valence-electron chi connectivity index (χ3n) is 2.13. The maximum atomic E-state index is 10.8. The number of benzene rings is 1. The van der Waals surface area contributed by atoms with Crippen molar-refractivity contribution in [2.75, 3.05) is 26.8 Å². The lowest BCUT2D eigenvalue weighted by molar-refractivity contribution is -0.139. The number of ether oxygens (including phenoxy) is 2. The summed E-state index contributed by atoms with van der Waals surface area (Å²) < 4.78 is 9.79. The first-order valence-electron chi connectivity index (χ1n) is 5.46. The number of hydrogen-bond donors (Lipinski definition) is 2. The lowest BCUT2D eigenvalue weighted by Crippen LogP contribution is -2.34. The molecule has 1 rings (SSSR count). The summed E-state index contributed by atoms with van der Waals surface area (Å²) in [6.07, 6.45) is -0.703. The Morgan fingerprint density at radius 3 is 2.72 bits per heavy atom. The van der Waals surface area contributed by atoms with E-state index in [1.807, 2.05) is 0 Å². The second-order valence-corrected chi connectivity index (χ2v) is 4.06. The van der Waals surface area contributed by atoms with Crippen molar-refractivity contribution in [1.82, 2.24) is 5.32 Å². The number of hydrogen-bond acceptors (Lipinski definition) is 5. The molecule has 0 aliphatic heterocycles. The summed E-state index contributed by atoms with van der Waals surface area (Å²) in [6.45, 7) is 0.451. The summed E-state index contributed by atoms with van der Waals surface area (Å²) in [7, 11) is 1.31. The smallest absolute Gasteiger partial charge is 0.319 e. The second kappa shape index (κ2) is 7.92. The van der Waals surface area contributed by atoms with Gasteiger partial charge in [0.05, 0.1) is 13.7 Å². The largest absolute Gasteiger partial charge is 0.491 e. The molecule has 0 amide bonds. The van der Waals surface area contributed by atoms with Crippen molar-refractivity contribution in [3.05, 3.63) is 29.3 Å². The van der Waals surface area contributed by atoms with Gasteiger partial charge in [-0.05, 0) is 24.3 Å². The van der Waals surface area contributed by atoms with E-state index in [9.17, 15) is 9.90 Å². The van der Waals surface area contributed by atoms with Gasteiger partial charge in [-0.3, -0.25) is 4.79 Å². The zero-order chi connectivity index (χ0) is 13.4. The van der Waals surface area contributed by atoms with E-state index >= 15 is 0 Å². The van der Waals surface area contributed by atoms with Crippen LogP contribution in [-0.2, 0) is 9.53 Å². The molecule has 0 heterocycles. The predicted molar refractivity (Wildman–Crippen MR) is 67.8 cm³/mol. The molecule has 0 aliphatic carbocycles. The maximum Gasteiger partial charge on any atom is 0.319 e. The van der Waals surface area contributed by atoms with Gasteiger partial charge in [-0.25, -0.2) is 0 Å². The maximum absolute atomic E-state index is 10.8. The van der Waals surface area contributed by atoms with Crippen LogP contribution in [0.4, 0.5) is 0 Å². The van der Waals surface area contributed by atoms with Crippen molar-refractivity contribution < 1.29 is 19.4 Å². The first-order chi connectivity index (χ1) is 8.61. The van der Waals surface area contributed by atoms with E-state index in [1.165, 1.54) is 7.11 Å². The summed E-state index contributed by atoms with van der Waals surface area (Å²) >= 11 is 5.73. The Bertz CT molecular complexity index is 369. The number of aliphatic hydroxyl groups excluding tert-OH is 1. The molecule has 0 aliphatic rings. The van der Waals surface area contributed by atoms with Gasteiger partial charge in [0.1, 0.15) is 18.5 Å². The standard InChI is InChI=1S/C12H16ClNO4/c1-17-12(16)7-14-6-10(15)8-18-11-4-2-9(13)3-5-11/h2-5,10,14-15H,6-8H2,1H3. The number of carbonyl (C=O) groups is 1. The predicted octanol–water partition coefficient (Wildman–Crippen LogP) is 0.842. The second-order valence-electron chi connectivity index (χ2n) is 3.63. The number of methoxy groups -OCH3 is 1. The molecule has 0 saturated carbocycles. The minimum atomic E-state index is -0.703. The van der Waals surface area contributed by atoms with Crippen LogP contribution in [0.1, 0.15) is 0 Å². The number of carbonyl (C=O) groups excluding carboxylic acids is 1. The molecule has 0 spiro atoms. The molecule has 1 atom stereocenters. The fourth-order valence-corrected chi connectivity index (χ4v) is 1.32. The lowest BCUT2D eigenvalue weighted by atomic mass is 10.3. The van der Waals surface area contributed by atoms with Crippen LogP contribution in [0.25, 0.3) is 0 Å². The monoisotopic (exact) mass is 273 g/mol. The van der Waals surface area contributed by atoms with E-state index in [-0.39, 0.29) is 25.7 Å². The average Bonchev–Trinajstić information content (AvgIpc) is 2.38. The first kappa shape index (κ1) is 14.8. The minimum absolute atomic E-state index is 0.0640. The topological polar surface area (TPSA) is 67.8 Å². The van der Waals surface area contributed by atoms with Crippen LogP contribution in [0.15, 0.2) is 24.3 Å². The van der Waals surface area contributed by atoms with Crippen molar-refractivity contribution in [3.8, 4) is 5.75 Å². The quantitative estimate of drug-likeness (QED) is 0.721. The molecule has 1 aromatic carbocycles. The molecule has 2 N–H and O–H groups in total. The van der Waals surface area contributed by atoms with Gasteiger partial charge >= 0.3 is 5.97 Å². The third-order valence-corrected chi connectivity index (χ3v) is 2.38. The Kier molecular flexibility index (Phi) is 6.49. The number of nitrogens with one attached hydrogen (secondary N) is 1. The van der Waals surface area contributed by atoms with Gasteiger partial charge in [-0.15, -0.1) is 0 Å². The average molecular weight is 274 g/mol. The van der Waals surface area contributed by atoms with Crippen molar-refractivity contribution in [2.45, 2.75) is 6.10 Å². The van der Waals surface area contributed by atoms with Crippen LogP contribution < -0.4 is 10.1 Å². The zero-order valence-corrected chi connectivity index (χ0v) is 10.8. The van der Waals surface area contributed by atoms with Crippen LogP contribution in [-0.4, -0.2) is 44.0 Å². The molecule has 0 saturated heterocycles. The SMILES string of the molecule is COC(=O)CNCC(O)COc1ccc(Cl)cc1. The fourth-order valence-electron chi connectivity index (χ4n) is 1.20. The van der Waals surface area contributed by atoms with E-state index in [1.54, 1.807) is 24.3 Å². The van der Waals surface area contributed by atoms with Crippen LogP contribution in [0.3, 0.4) is 0 Å². The Morgan fingerprint density at radius 1 is 1.44 bits per heavy atom. The van der Waals surface area contributed by atoms with Crippen molar-refractivity contribution in [2.24, 2.45) is 0 Å². The molecule has 0 bridgehead atoms. The summed E-state index contributed by atoms with van der Waals surface area (Å²) in [5, 5.41) is 13.0. The molecule has 0 fully saturated rings. The third kappa shape index (κ3) is 5.86. The van der Waals surface area contributed by atoms with Crippen LogP contribution in [0.2, 0.25) is 5.02 Å². The highest BCUT2D eigenvalue weighted by Gasteiger charge is 2.06. The molecular weight excluding hydrogens is 258 g/mol. The van der Waals surface area contributed by atoms with Gasteiger partial charge in [0.15, 0.2) is 0 Å². The molecule has 1 aromatic rings. The molecule has 0 aromatic heterocycles. The highest BCUT2D eigenvalue weighted by atomic mass is 35.5. The molecule has 1 unspecified atom stereocenters. The number of halogens is 1. The summed E-state index contributed by atoms with van der Waals surface area (Å²) in [6, 6.07) is 6.85. The van der Waals surface area contributed by atoms with Gasteiger partial charge in [0.25, 0.3) is 0 Å². The van der Waals surface area contributed by atoms with Crippen LogP contribution in [0.5, 0.6) is 5.75 Å². The Morgan fingerprint density at radius 2 is 2.11 bits per heavy atom. The summed E-state index contributed by atoms with van der Waals surface area (Å²) in [5.74, 6) is 0.257. The Balaban J connectivity index is 2.18. The van der Waals surface area contributed by atoms with Gasteiger partial charge in [0.2, 0.25) is 0 Å². The Hall–Kier alpha value is -1.30. The molecule has 6 heteroatoms. The van der Waals surface area contributed by atoms with Crippen molar-refractivity contribution in [3.63, 3.8) is 0 Å². The van der Waals surface area contributed by atoms with E-state index in [2.05, 4.69) is 10.1 Å². The van der Waals surface area contributed by atoms with Crippen LogP contribution >= 0.6 is 11.6 Å². The van der Waals surface area contributed by atoms with E-state index in [0.717, 1.165) is 0 Å². The molecule has 5 nitrogen and oxygen atoms in total. The van der Waals surface area contributed by atoms with Crippen molar-refractivity contribution in [1.29, 1.82) is 0 Å². The van der Waals surface area contributed by atoms with Gasteiger partial charge in [-0.2, -0.15) is 0 Å². The van der Waals surface area contributed by atoms with Gasteiger partial charge < -0.3 is 19.9 Å². The summed E-state index contributed by atoms with van der Waals surface area (Å²) in [4.78, 5) is 10.8. The zero-order valence-electron chi connectivity index (χ0n) is 10.1. The van der Waals surface area contributed by atoms with Crippen molar-refractivity contribution >= 4 is 17.6 Å². The van der Waals surface area contributed by atoms with E-state index < -0.39 is 6.10 Å². The van der Waals surface area contributed by atoms with E-state index in [4.69, 9.17) is 16.3 Å². The van der Waals surface area contributed by atoms with Gasteiger partial charge in [-0.1, -0.05) is 11.6 Å². The highest BCUT2D eigenvalue weighted by molar-refractivity contribution is 6.30.